The molecule has 4 nitrogen and oxygen atoms in total. The van der Waals surface area contributed by atoms with E-state index in [9.17, 15) is 4.79 Å². The normalized spacial score (nSPS) is 10.2. The topological polar surface area (TPSA) is 55.8 Å². The number of carboxylic acid groups (broad SMARTS) is 1. The SMILES string of the molecule is COc1cc(Cl)cc(C(=O)O)c1OCCCSC. The highest BCUT2D eigenvalue weighted by Gasteiger charge is 2.18. The van der Waals surface area contributed by atoms with E-state index in [-0.39, 0.29) is 11.3 Å². The second-order valence-electron chi connectivity index (χ2n) is 3.48. The third-order valence-corrected chi connectivity index (χ3v) is 3.12. The molecule has 1 aromatic carbocycles. The van der Waals surface area contributed by atoms with Crippen molar-refractivity contribution in [3.05, 3.63) is 22.7 Å². The van der Waals surface area contributed by atoms with Crippen molar-refractivity contribution in [1.82, 2.24) is 0 Å². The van der Waals surface area contributed by atoms with Crippen molar-refractivity contribution >= 4 is 29.3 Å². The van der Waals surface area contributed by atoms with Gasteiger partial charge in [0.1, 0.15) is 5.56 Å². The number of hydrogen-bond donors (Lipinski definition) is 1. The molecule has 0 atom stereocenters. The molecule has 0 aliphatic carbocycles. The van der Waals surface area contributed by atoms with Crippen LogP contribution in [0.2, 0.25) is 5.02 Å². The lowest BCUT2D eigenvalue weighted by Crippen LogP contribution is -2.07. The van der Waals surface area contributed by atoms with E-state index in [1.807, 2.05) is 6.26 Å². The Bertz CT molecular complexity index is 423. The molecular formula is C12H15ClO4S. The molecule has 18 heavy (non-hydrogen) atoms. The Morgan fingerprint density at radius 3 is 2.78 bits per heavy atom. The van der Waals surface area contributed by atoms with E-state index in [0.717, 1.165) is 12.2 Å². The summed E-state index contributed by atoms with van der Waals surface area (Å²) in [6.07, 6.45) is 2.84. The highest BCUT2D eigenvalue weighted by Crippen LogP contribution is 2.34. The van der Waals surface area contributed by atoms with Crippen LogP contribution in [0.5, 0.6) is 11.5 Å². The zero-order valence-corrected chi connectivity index (χ0v) is 11.8. The summed E-state index contributed by atoms with van der Waals surface area (Å²) in [5.41, 5.74) is 0.0171. The maximum Gasteiger partial charge on any atom is 0.339 e. The fraction of sp³-hybridized carbons (Fsp3) is 0.417. The quantitative estimate of drug-likeness (QED) is 0.782. The molecule has 6 heteroatoms. The molecule has 0 fully saturated rings. The standard InChI is InChI=1S/C12H15ClO4S/c1-16-10-7-8(13)6-9(12(14)15)11(10)17-4-3-5-18-2/h6-7H,3-5H2,1-2H3,(H,14,15). The number of benzene rings is 1. The second-order valence-corrected chi connectivity index (χ2v) is 4.91. The zero-order valence-electron chi connectivity index (χ0n) is 10.2. The van der Waals surface area contributed by atoms with Crippen LogP contribution in [0.4, 0.5) is 0 Å². The summed E-state index contributed by atoms with van der Waals surface area (Å²) in [6, 6.07) is 2.90. The van der Waals surface area contributed by atoms with E-state index in [1.54, 1.807) is 11.8 Å². The smallest absolute Gasteiger partial charge is 0.339 e. The first-order valence-corrected chi connectivity index (χ1v) is 7.10. The van der Waals surface area contributed by atoms with Crippen molar-refractivity contribution in [2.75, 3.05) is 25.7 Å². The van der Waals surface area contributed by atoms with Crippen molar-refractivity contribution in [3.63, 3.8) is 0 Å². The van der Waals surface area contributed by atoms with Crippen LogP contribution >= 0.6 is 23.4 Å². The third-order valence-electron chi connectivity index (χ3n) is 2.21. The Morgan fingerprint density at radius 1 is 1.50 bits per heavy atom. The molecule has 100 valence electrons. The number of carboxylic acids is 1. The fourth-order valence-electron chi connectivity index (χ4n) is 1.41. The molecule has 1 rings (SSSR count). The lowest BCUT2D eigenvalue weighted by Gasteiger charge is -2.13. The van der Waals surface area contributed by atoms with Crippen LogP contribution in [0.1, 0.15) is 16.8 Å². The molecule has 0 radical (unpaired) electrons. The average Bonchev–Trinajstić information content (AvgIpc) is 2.34. The lowest BCUT2D eigenvalue weighted by molar-refractivity contribution is 0.0691. The molecule has 0 bridgehead atoms. The molecule has 0 amide bonds. The van der Waals surface area contributed by atoms with Crippen molar-refractivity contribution < 1.29 is 19.4 Å². The summed E-state index contributed by atoms with van der Waals surface area (Å²) in [5, 5.41) is 9.42. The van der Waals surface area contributed by atoms with Gasteiger partial charge < -0.3 is 14.6 Å². The second kappa shape index (κ2) is 7.38. The Morgan fingerprint density at radius 2 is 2.22 bits per heavy atom. The van der Waals surface area contributed by atoms with Gasteiger partial charge in [-0.05, 0) is 24.5 Å². The first kappa shape index (κ1) is 15.0. The van der Waals surface area contributed by atoms with E-state index >= 15 is 0 Å². The van der Waals surface area contributed by atoms with Gasteiger partial charge in [0.15, 0.2) is 11.5 Å². The number of aromatic carboxylic acids is 1. The minimum atomic E-state index is -1.09. The van der Waals surface area contributed by atoms with Crippen molar-refractivity contribution in [3.8, 4) is 11.5 Å². The molecule has 0 unspecified atom stereocenters. The van der Waals surface area contributed by atoms with Gasteiger partial charge in [-0.1, -0.05) is 11.6 Å². The molecule has 1 N–H and O–H groups in total. The van der Waals surface area contributed by atoms with Gasteiger partial charge in [0.05, 0.1) is 13.7 Å². The van der Waals surface area contributed by atoms with E-state index in [1.165, 1.54) is 19.2 Å². The number of carbonyl (C=O) groups is 1. The minimum Gasteiger partial charge on any atom is -0.493 e. The first-order chi connectivity index (χ1) is 8.60. The molecule has 1 aromatic rings. The number of hydrogen-bond acceptors (Lipinski definition) is 4. The average molecular weight is 291 g/mol. The van der Waals surface area contributed by atoms with E-state index in [4.69, 9.17) is 26.2 Å². The number of halogens is 1. The maximum atomic E-state index is 11.1. The highest BCUT2D eigenvalue weighted by atomic mass is 35.5. The summed E-state index contributed by atoms with van der Waals surface area (Å²) in [4.78, 5) is 11.1. The van der Waals surface area contributed by atoms with Gasteiger partial charge in [-0.25, -0.2) is 4.79 Å². The Balaban J connectivity index is 2.94. The van der Waals surface area contributed by atoms with Crippen LogP contribution in [-0.2, 0) is 0 Å². The summed E-state index contributed by atoms with van der Waals surface area (Å²) in [7, 11) is 1.45. The Labute approximate surface area is 115 Å². The first-order valence-electron chi connectivity index (χ1n) is 5.32. The number of methoxy groups -OCH3 is 1. The molecule has 0 saturated carbocycles. The minimum absolute atomic E-state index is 0.0171. The van der Waals surface area contributed by atoms with Gasteiger partial charge >= 0.3 is 5.97 Å². The summed E-state index contributed by atoms with van der Waals surface area (Å²) < 4.78 is 10.6. The van der Waals surface area contributed by atoms with Gasteiger partial charge in [0.25, 0.3) is 0 Å². The van der Waals surface area contributed by atoms with Crippen LogP contribution in [-0.4, -0.2) is 36.8 Å². The van der Waals surface area contributed by atoms with Crippen LogP contribution in [0, 0.1) is 0 Å². The monoisotopic (exact) mass is 290 g/mol. The van der Waals surface area contributed by atoms with Crippen LogP contribution in [0.25, 0.3) is 0 Å². The molecule has 0 aromatic heterocycles. The molecule has 0 saturated heterocycles. The Hall–Kier alpha value is -1.07. The predicted octanol–water partition coefficient (Wildman–Crippen LogP) is 3.18. The third kappa shape index (κ3) is 3.99. The molecular weight excluding hydrogens is 276 g/mol. The summed E-state index contributed by atoms with van der Waals surface area (Å²) in [5.74, 6) is 0.438. The van der Waals surface area contributed by atoms with Gasteiger partial charge in [0.2, 0.25) is 0 Å². The molecule has 0 heterocycles. The molecule has 0 aliphatic heterocycles. The van der Waals surface area contributed by atoms with Crippen molar-refractivity contribution in [2.24, 2.45) is 0 Å². The Kier molecular flexibility index (Phi) is 6.15. The van der Waals surface area contributed by atoms with Gasteiger partial charge in [-0.2, -0.15) is 11.8 Å². The van der Waals surface area contributed by atoms with Crippen molar-refractivity contribution in [1.29, 1.82) is 0 Å². The largest absolute Gasteiger partial charge is 0.493 e. The summed E-state index contributed by atoms with van der Waals surface area (Å²) >= 11 is 7.54. The lowest BCUT2D eigenvalue weighted by atomic mass is 10.2. The number of ether oxygens (including phenoxy) is 2. The summed E-state index contributed by atoms with van der Waals surface area (Å²) in [6.45, 7) is 0.444. The predicted molar refractivity (Wildman–Crippen MR) is 73.5 cm³/mol. The van der Waals surface area contributed by atoms with Crippen LogP contribution in [0.15, 0.2) is 12.1 Å². The van der Waals surface area contributed by atoms with Crippen LogP contribution < -0.4 is 9.47 Å². The van der Waals surface area contributed by atoms with E-state index < -0.39 is 5.97 Å². The number of rotatable bonds is 7. The van der Waals surface area contributed by atoms with Crippen molar-refractivity contribution in [2.45, 2.75) is 6.42 Å². The zero-order chi connectivity index (χ0) is 13.5. The van der Waals surface area contributed by atoms with E-state index in [0.29, 0.717) is 17.4 Å². The number of thioether (sulfide) groups is 1. The fourth-order valence-corrected chi connectivity index (χ4v) is 2.02. The molecule has 0 spiro atoms. The van der Waals surface area contributed by atoms with Gasteiger partial charge in [-0.3, -0.25) is 0 Å². The van der Waals surface area contributed by atoms with Gasteiger partial charge in [-0.15, -0.1) is 0 Å². The van der Waals surface area contributed by atoms with Gasteiger partial charge in [0, 0.05) is 11.1 Å². The molecule has 0 aliphatic rings. The maximum absolute atomic E-state index is 11.1. The highest BCUT2D eigenvalue weighted by molar-refractivity contribution is 7.98. The van der Waals surface area contributed by atoms with Crippen LogP contribution in [0.3, 0.4) is 0 Å². The van der Waals surface area contributed by atoms with E-state index in [2.05, 4.69) is 0 Å².